The van der Waals surface area contributed by atoms with Gasteiger partial charge in [-0.15, -0.1) is 0 Å². The predicted molar refractivity (Wildman–Crippen MR) is 151 cm³/mol. The molecule has 5 atom stereocenters. The summed E-state index contributed by atoms with van der Waals surface area (Å²) in [6.45, 7) is 11.4. The first kappa shape index (κ1) is 31.5. The van der Waals surface area contributed by atoms with Crippen molar-refractivity contribution in [3.8, 4) is 0 Å². The number of hydrogen-bond donors (Lipinski definition) is 0. The predicted octanol–water partition coefficient (Wildman–Crippen LogP) is 2.82. The molecule has 0 spiro atoms. The minimum Gasteiger partial charge on any atom is -0.463 e. The molecular weight excluding hydrogens is 621 g/mol. The van der Waals surface area contributed by atoms with Gasteiger partial charge in [0.2, 0.25) is 0 Å². The smallest absolute Gasteiger partial charge is 0.463 e. The molecule has 15 heteroatoms. The Morgan fingerprint density at radius 2 is 1.63 bits per heavy atom. The number of thioether (sulfide) groups is 1. The second-order valence-electron chi connectivity index (χ2n) is 10.8. The third kappa shape index (κ3) is 7.31. The number of rotatable bonds is 8. The van der Waals surface area contributed by atoms with E-state index in [1.165, 1.54) is 32.5 Å². The van der Waals surface area contributed by atoms with E-state index in [0.717, 1.165) is 9.37 Å². The zero-order valence-corrected chi connectivity index (χ0v) is 26.3. The highest BCUT2D eigenvalue weighted by molar-refractivity contribution is 9.10. The van der Waals surface area contributed by atoms with Gasteiger partial charge in [-0.1, -0.05) is 11.8 Å². The van der Waals surface area contributed by atoms with Crippen LogP contribution in [-0.2, 0) is 42.6 Å². The molecule has 0 amide bonds. The number of aromatic nitrogens is 3. The number of pyridine rings is 1. The third-order valence-electron chi connectivity index (χ3n) is 7.06. The van der Waals surface area contributed by atoms with Crippen LogP contribution in [0.5, 0.6) is 0 Å². The number of carbonyl (C=O) groups excluding carboxylic acids is 3. The molecule has 0 radical (unpaired) electrons. The van der Waals surface area contributed by atoms with Crippen molar-refractivity contribution in [2.24, 2.45) is 0 Å². The molecule has 0 saturated carbocycles. The van der Waals surface area contributed by atoms with Gasteiger partial charge in [-0.05, 0) is 49.7 Å². The second kappa shape index (κ2) is 12.4. The van der Waals surface area contributed by atoms with Crippen molar-refractivity contribution >= 4 is 58.2 Å². The van der Waals surface area contributed by atoms with Crippen LogP contribution in [0.3, 0.4) is 0 Å². The molecule has 3 unspecified atom stereocenters. The summed E-state index contributed by atoms with van der Waals surface area (Å²) in [4.78, 5) is 41.3. The molecule has 2 saturated heterocycles. The van der Waals surface area contributed by atoms with Gasteiger partial charge in [-0.3, -0.25) is 24.0 Å². The van der Waals surface area contributed by atoms with E-state index >= 15 is 0 Å². The van der Waals surface area contributed by atoms with Crippen molar-refractivity contribution in [1.29, 1.82) is 0 Å². The zero-order chi connectivity index (χ0) is 30.1. The molecule has 0 N–H and O–H groups in total. The minimum atomic E-state index is -1.04. The number of nitrogens with zero attached hydrogens (tertiary/aromatic N) is 3. The molecule has 2 aromatic heterocycles. The third-order valence-corrected chi connectivity index (χ3v) is 8.60. The fourth-order valence-corrected chi connectivity index (χ4v) is 6.14. The lowest BCUT2D eigenvalue weighted by Gasteiger charge is -2.44. The summed E-state index contributed by atoms with van der Waals surface area (Å²) >= 11 is 4.67. The van der Waals surface area contributed by atoms with Gasteiger partial charge < -0.3 is 28.3 Å². The van der Waals surface area contributed by atoms with E-state index < -0.39 is 66.0 Å². The van der Waals surface area contributed by atoms with Gasteiger partial charge in [-0.2, -0.15) is 5.10 Å². The van der Waals surface area contributed by atoms with Crippen LogP contribution in [0.25, 0.3) is 0 Å². The van der Waals surface area contributed by atoms with Gasteiger partial charge in [0.15, 0.2) is 12.2 Å². The second-order valence-corrected chi connectivity index (χ2v) is 12.9. The van der Waals surface area contributed by atoms with E-state index in [2.05, 4.69) is 26.0 Å². The summed E-state index contributed by atoms with van der Waals surface area (Å²) in [5, 5.41) is 4.56. The Labute approximate surface area is 251 Å². The SMILES string of the molecule is CC(=O)OCC1O[C@H](Sc2cncc(Br)c2)C(OC(C)=O)C(n2cc(B3OC(C)(C)C(C)(C)O3)cn2)[C@H]1OC(C)=O. The Bertz CT molecular complexity index is 1280. The first-order chi connectivity index (χ1) is 19.2. The largest absolute Gasteiger partial charge is 0.498 e. The molecule has 0 bridgehead atoms. The number of carbonyl (C=O) groups is 3. The molecular formula is C26H33BBrN3O9S. The van der Waals surface area contributed by atoms with Crippen molar-refractivity contribution in [3.05, 3.63) is 35.3 Å². The van der Waals surface area contributed by atoms with Crippen molar-refractivity contribution in [2.45, 2.75) is 94.4 Å². The van der Waals surface area contributed by atoms with Gasteiger partial charge in [0.25, 0.3) is 0 Å². The van der Waals surface area contributed by atoms with Crippen LogP contribution >= 0.6 is 27.7 Å². The Balaban J connectivity index is 1.76. The van der Waals surface area contributed by atoms with Crippen LogP contribution in [0.4, 0.5) is 0 Å². The average Bonchev–Trinajstić information content (AvgIpc) is 3.41. The zero-order valence-electron chi connectivity index (χ0n) is 23.9. The maximum absolute atomic E-state index is 12.4. The highest BCUT2D eigenvalue weighted by atomic mass is 79.9. The van der Waals surface area contributed by atoms with Gasteiger partial charge in [0.05, 0.1) is 11.2 Å². The summed E-state index contributed by atoms with van der Waals surface area (Å²) in [6.07, 6.45) is 3.63. The number of ether oxygens (including phenoxy) is 4. The quantitative estimate of drug-likeness (QED) is 0.235. The van der Waals surface area contributed by atoms with Crippen LogP contribution in [0.1, 0.15) is 54.5 Å². The van der Waals surface area contributed by atoms with E-state index in [-0.39, 0.29) is 6.61 Å². The van der Waals surface area contributed by atoms with Crippen molar-refractivity contribution in [1.82, 2.24) is 14.8 Å². The van der Waals surface area contributed by atoms with E-state index in [1.807, 2.05) is 33.8 Å². The molecule has 222 valence electrons. The van der Waals surface area contributed by atoms with Crippen LogP contribution in [0.2, 0.25) is 0 Å². The molecule has 2 aliphatic rings. The lowest BCUT2D eigenvalue weighted by molar-refractivity contribution is -0.212. The summed E-state index contributed by atoms with van der Waals surface area (Å²) in [5.41, 5.74) is -1.35. The van der Waals surface area contributed by atoms with Crippen molar-refractivity contribution in [2.75, 3.05) is 6.61 Å². The highest BCUT2D eigenvalue weighted by Crippen LogP contribution is 2.42. The van der Waals surface area contributed by atoms with Crippen LogP contribution in [-0.4, -0.2) is 81.3 Å². The Hall–Kier alpha value is -2.46. The van der Waals surface area contributed by atoms with E-state index in [4.69, 9.17) is 28.3 Å². The van der Waals surface area contributed by atoms with E-state index in [0.29, 0.717) is 5.46 Å². The fourth-order valence-electron chi connectivity index (χ4n) is 4.49. The van der Waals surface area contributed by atoms with Crippen LogP contribution < -0.4 is 5.46 Å². The van der Waals surface area contributed by atoms with E-state index in [1.54, 1.807) is 29.5 Å². The molecule has 4 rings (SSSR count). The Kier molecular flexibility index (Phi) is 9.53. The first-order valence-corrected chi connectivity index (χ1v) is 14.6. The molecule has 4 heterocycles. The van der Waals surface area contributed by atoms with Gasteiger partial charge in [0, 0.05) is 60.4 Å². The van der Waals surface area contributed by atoms with Gasteiger partial charge >= 0.3 is 25.0 Å². The maximum Gasteiger partial charge on any atom is 0.498 e. The number of hydrogen-bond acceptors (Lipinski definition) is 12. The molecule has 0 aliphatic carbocycles. The van der Waals surface area contributed by atoms with Crippen LogP contribution in [0, 0.1) is 0 Å². The van der Waals surface area contributed by atoms with E-state index in [9.17, 15) is 14.4 Å². The number of esters is 3. The van der Waals surface area contributed by atoms with Gasteiger partial charge in [-0.25, -0.2) is 0 Å². The fraction of sp³-hybridized carbons (Fsp3) is 0.577. The summed E-state index contributed by atoms with van der Waals surface area (Å²) < 4.78 is 37.8. The summed E-state index contributed by atoms with van der Waals surface area (Å²) in [5.74, 6) is -1.70. The minimum absolute atomic E-state index is 0.213. The first-order valence-electron chi connectivity index (χ1n) is 13.0. The highest BCUT2D eigenvalue weighted by Gasteiger charge is 2.54. The molecule has 0 aromatic carbocycles. The lowest BCUT2D eigenvalue weighted by Crippen LogP contribution is -2.57. The molecule has 2 fully saturated rings. The Morgan fingerprint density at radius 3 is 2.22 bits per heavy atom. The average molecular weight is 654 g/mol. The lowest BCUT2D eigenvalue weighted by atomic mass is 9.82. The van der Waals surface area contributed by atoms with Crippen LogP contribution in [0.15, 0.2) is 40.2 Å². The number of halogens is 1. The maximum atomic E-state index is 12.4. The van der Waals surface area contributed by atoms with Crippen molar-refractivity contribution < 1.29 is 42.6 Å². The van der Waals surface area contributed by atoms with Gasteiger partial charge in [0.1, 0.15) is 24.2 Å². The van der Waals surface area contributed by atoms with Crippen molar-refractivity contribution in [3.63, 3.8) is 0 Å². The topological polar surface area (TPSA) is 137 Å². The summed E-state index contributed by atoms with van der Waals surface area (Å²) in [7, 11) is -0.706. The summed E-state index contributed by atoms with van der Waals surface area (Å²) in [6, 6.07) is 0.968. The molecule has 41 heavy (non-hydrogen) atoms. The monoisotopic (exact) mass is 653 g/mol. The standard InChI is InChI=1S/C26H33BBrN3O9S/c1-14(32)35-13-20-22(36-15(2)33)21(31-12-17(9-30-31)27-39-25(4,5)26(6,7)40-27)23(37-16(3)34)24(38-20)41-19-8-18(28)10-29-11-19/h8-12,20-24H,13H2,1-7H3/t20?,21?,22-,23?,24+/m0/s1. The Morgan fingerprint density at radius 1 is 1.00 bits per heavy atom. The molecule has 12 nitrogen and oxygen atoms in total. The molecule has 2 aliphatic heterocycles. The molecule has 2 aromatic rings. The normalized spacial score (nSPS) is 26.8.